The number of nitrogens with one attached hydrogen (secondary N) is 1. The van der Waals surface area contributed by atoms with Crippen molar-refractivity contribution in [3.05, 3.63) is 83.8 Å². The fourth-order valence-corrected chi connectivity index (χ4v) is 3.63. The highest BCUT2D eigenvalue weighted by Gasteiger charge is 2.36. The summed E-state index contributed by atoms with van der Waals surface area (Å²) in [5, 5.41) is 19.7. The minimum absolute atomic E-state index is 0.0160. The third-order valence-corrected chi connectivity index (χ3v) is 5.10. The van der Waals surface area contributed by atoms with E-state index in [1.165, 1.54) is 18.5 Å². The smallest absolute Gasteiger partial charge is 0.376 e. The SMILES string of the molecule is CN(C)c1c(-c2ccccc2)ccc(C(=O)Nc2cnc(-n3nccn3)c(C(F)(F)F)c2)c1C#N. The lowest BCUT2D eigenvalue weighted by Crippen LogP contribution is -2.19. The van der Waals surface area contributed by atoms with Crippen LogP contribution >= 0.6 is 0 Å². The van der Waals surface area contributed by atoms with E-state index in [4.69, 9.17) is 0 Å². The molecule has 35 heavy (non-hydrogen) atoms. The van der Waals surface area contributed by atoms with Crippen molar-refractivity contribution in [2.24, 2.45) is 0 Å². The van der Waals surface area contributed by atoms with Crippen molar-refractivity contribution in [2.75, 3.05) is 24.3 Å². The van der Waals surface area contributed by atoms with Crippen LogP contribution in [0.3, 0.4) is 0 Å². The molecule has 0 spiro atoms. The molecule has 0 unspecified atom stereocenters. The summed E-state index contributed by atoms with van der Waals surface area (Å²) in [6.07, 6.45) is -1.25. The van der Waals surface area contributed by atoms with Crippen molar-refractivity contribution >= 4 is 17.3 Å². The second-order valence-corrected chi connectivity index (χ2v) is 7.62. The monoisotopic (exact) mass is 477 g/mol. The molecule has 4 rings (SSSR count). The summed E-state index contributed by atoms with van der Waals surface area (Å²) in [6.45, 7) is 0. The van der Waals surface area contributed by atoms with Crippen molar-refractivity contribution < 1.29 is 18.0 Å². The maximum atomic E-state index is 13.7. The minimum Gasteiger partial charge on any atom is -0.376 e. The van der Waals surface area contributed by atoms with Crippen LogP contribution in [-0.2, 0) is 6.18 Å². The van der Waals surface area contributed by atoms with Crippen molar-refractivity contribution in [3.8, 4) is 23.0 Å². The van der Waals surface area contributed by atoms with Crippen LogP contribution in [0.2, 0.25) is 0 Å². The van der Waals surface area contributed by atoms with E-state index >= 15 is 0 Å². The highest BCUT2D eigenvalue weighted by molar-refractivity contribution is 6.08. The molecule has 0 aliphatic carbocycles. The molecule has 0 radical (unpaired) electrons. The van der Waals surface area contributed by atoms with Gasteiger partial charge in [0.25, 0.3) is 5.91 Å². The van der Waals surface area contributed by atoms with Crippen LogP contribution in [-0.4, -0.2) is 40.0 Å². The molecule has 1 amide bonds. The third-order valence-electron chi connectivity index (χ3n) is 5.10. The average molecular weight is 477 g/mol. The number of rotatable bonds is 5. The van der Waals surface area contributed by atoms with Crippen molar-refractivity contribution in [2.45, 2.75) is 6.18 Å². The van der Waals surface area contributed by atoms with Crippen LogP contribution in [0.25, 0.3) is 16.9 Å². The molecule has 2 heterocycles. The highest BCUT2D eigenvalue weighted by atomic mass is 19.4. The Morgan fingerprint density at radius 3 is 2.37 bits per heavy atom. The summed E-state index contributed by atoms with van der Waals surface area (Å²) in [5.74, 6) is -1.27. The summed E-state index contributed by atoms with van der Waals surface area (Å²) in [6, 6.07) is 15.3. The lowest BCUT2D eigenvalue weighted by atomic mass is 9.95. The largest absolute Gasteiger partial charge is 0.420 e. The zero-order valence-electron chi connectivity index (χ0n) is 18.6. The van der Waals surface area contributed by atoms with Gasteiger partial charge in [0.2, 0.25) is 0 Å². The maximum Gasteiger partial charge on any atom is 0.420 e. The Balaban J connectivity index is 1.74. The molecule has 0 saturated carbocycles. The fourth-order valence-electron chi connectivity index (χ4n) is 3.63. The van der Waals surface area contributed by atoms with E-state index in [1.54, 1.807) is 25.1 Å². The Hall–Kier alpha value is -4.72. The van der Waals surface area contributed by atoms with Gasteiger partial charge in [-0.1, -0.05) is 36.4 Å². The van der Waals surface area contributed by atoms with Crippen molar-refractivity contribution in [3.63, 3.8) is 0 Å². The van der Waals surface area contributed by atoms with Crippen molar-refractivity contribution in [1.29, 1.82) is 5.26 Å². The molecule has 0 aliphatic heterocycles. The van der Waals surface area contributed by atoms with E-state index < -0.39 is 23.5 Å². The number of aromatic nitrogens is 4. The van der Waals surface area contributed by atoms with Gasteiger partial charge in [0.05, 0.1) is 41.1 Å². The van der Waals surface area contributed by atoms with Gasteiger partial charge in [-0.15, -0.1) is 4.80 Å². The predicted molar refractivity (Wildman–Crippen MR) is 123 cm³/mol. The van der Waals surface area contributed by atoms with Crippen LogP contribution in [0, 0.1) is 11.3 Å². The van der Waals surface area contributed by atoms with Crippen LogP contribution in [0.5, 0.6) is 0 Å². The molecule has 8 nitrogen and oxygen atoms in total. The molecule has 0 atom stereocenters. The average Bonchev–Trinajstić information content (AvgIpc) is 3.37. The fraction of sp³-hybridized carbons (Fsp3) is 0.125. The molecular formula is C24H18F3N7O. The Morgan fingerprint density at radius 1 is 1.09 bits per heavy atom. The number of carbonyl (C=O) groups is 1. The van der Waals surface area contributed by atoms with Gasteiger partial charge in [-0.2, -0.15) is 28.6 Å². The van der Waals surface area contributed by atoms with Crippen LogP contribution in [0.4, 0.5) is 24.5 Å². The van der Waals surface area contributed by atoms with Crippen LogP contribution in [0.1, 0.15) is 21.5 Å². The number of anilines is 2. The van der Waals surface area contributed by atoms with Gasteiger partial charge in [-0.25, -0.2) is 4.98 Å². The van der Waals surface area contributed by atoms with Gasteiger partial charge in [-0.05, 0) is 17.7 Å². The number of nitriles is 1. The first-order chi connectivity index (χ1) is 16.7. The Bertz CT molecular complexity index is 1410. The molecule has 0 saturated heterocycles. The highest BCUT2D eigenvalue weighted by Crippen LogP contribution is 2.36. The summed E-state index contributed by atoms with van der Waals surface area (Å²) < 4.78 is 41.0. The summed E-state index contributed by atoms with van der Waals surface area (Å²) in [7, 11) is 3.48. The molecule has 11 heteroatoms. The number of benzene rings is 2. The van der Waals surface area contributed by atoms with Gasteiger partial charge < -0.3 is 10.2 Å². The molecule has 2 aromatic carbocycles. The van der Waals surface area contributed by atoms with Crippen molar-refractivity contribution in [1.82, 2.24) is 20.0 Å². The number of alkyl halides is 3. The van der Waals surface area contributed by atoms with Gasteiger partial charge in [0.15, 0.2) is 5.82 Å². The summed E-state index contributed by atoms with van der Waals surface area (Å²) in [4.78, 5) is 19.3. The lowest BCUT2D eigenvalue weighted by Gasteiger charge is -2.21. The standard InChI is InChI=1S/C24H18F3N7O/c1-33(2)21-17(15-6-4-3-5-7-15)8-9-18(19(21)13-28)23(35)32-16-12-20(24(25,26)27)22(29-14-16)34-30-10-11-31-34/h3-12,14H,1-2H3,(H,32,35). The molecule has 0 aliphatic rings. The number of pyridine rings is 1. The quantitative estimate of drug-likeness (QED) is 0.453. The number of carbonyl (C=O) groups excluding carboxylic acids is 1. The number of amides is 1. The van der Waals surface area contributed by atoms with E-state index in [0.29, 0.717) is 5.69 Å². The first-order valence-corrected chi connectivity index (χ1v) is 10.3. The van der Waals surface area contributed by atoms with Gasteiger partial charge in [-0.3, -0.25) is 4.79 Å². The topological polar surface area (TPSA) is 99.7 Å². The zero-order valence-corrected chi connectivity index (χ0v) is 18.6. The maximum absolute atomic E-state index is 13.7. The van der Waals surface area contributed by atoms with E-state index in [1.807, 2.05) is 30.3 Å². The number of hydrogen-bond acceptors (Lipinski definition) is 6. The number of halogens is 3. The first-order valence-electron chi connectivity index (χ1n) is 10.3. The first kappa shape index (κ1) is 23.4. The van der Waals surface area contributed by atoms with E-state index in [-0.39, 0.29) is 16.8 Å². The van der Waals surface area contributed by atoms with Gasteiger partial charge >= 0.3 is 6.18 Å². The van der Waals surface area contributed by atoms with E-state index in [0.717, 1.165) is 28.2 Å². The molecule has 0 bridgehead atoms. The van der Waals surface area contributed by atoms with Crippen LogP contribution in [0.15, 0.2) is 67.1 Å². The zero-order chi connectivity index (χ0) is 25.2. The lowest BCUT2D eigenvalue weighted by molar-refractivity contribution is -0.137. The normalized spacial score (nSPS) is 11.1. The summed E-state index contributed by atoms with van der Waals surface area (Å²) >= 11 is 0. The summed E-state index contributed by atoms with van der Waals surface area (Å²) in [5.41, 5.74) is 0.890. The van der Waals surface area contributed by atoms with Crippen LogP contribution < -0.4 is 10.2 Å². The Labute approximate surface area is 198 Å². The molecule has 176 valence electrons. The van der Waals surface area contributed by atoms with Gasteiger partial charge in [0, 0.05) is 19.7 Å². The molecule has 0 fully saturated rings. The second kappa shape index (κ2) is 9.26. The molecular weight excluding hydrogens is 459 g/mol. The Morgan fingerprint density at radius 2 is 1.77 bits per heavy atom. The number of hydrogen-bond donors (Lipinski definition) is 1. The van der Waals surface area contributed by atoms with Gasteiger partial charge in [0.1, 0.15) is 11.6 Å². The molecule has 4 aromatic rings. The molecule has 1 N–H and O–H groups in total. The van der Waals surface area contributed by atoms with E-state index in [9.17, 15) is 23.2 Å². The second-order valence-electron chi connectivity index (χ2n) is 7.62. The molecule has 2 aromatic heterocycles. The third kappa shape index (κ3) is 4.67. The Kier molecular flexibility index (Phi) is 6.20. The number of nitrogens with zero attached hydrogens (tertiary/aromatic N) is 6. The van der Waals surface area contributed by atoms with E-state index in [2.05, 4.69) is 26.6 Å². The minimum atomic E-state index is -4.77. The predicted octanol–water partition coefficient (Wildman–Crippen LogP) is 4.54.